The molecule has 0 saturated carbocycles. The fourth-order valence-corrected chi connectivity index (χ4v) is 2.16. The maximum Gasteiger partial charge on any atom is 0.256 e. The van der Waals surface area contributed by atoms with Gasteiger partial charge in [-0.3, -0.25) is 4.79 Å². The SMILES string of the molecule is CCC(C)NC(=O)c1c(C)nc(C)nc1SC. The lowest BCUT2D eigenvalue weighted by molar-refractivity contribution is 0.0934. The third-order valence-electron chi connectivity index (χ3n) is 2.58. The van der Waals surface area contributed by atoms with Gasteiger partial charge in [-0.05, 0) is 33.4 Å². The van der Waals surface area contributed by atoms with Crippen molar-refractivity contribution in [3.63, 3.8) is 0 Å². The van der Waals surface area contributed by atoms with Crippen LogP contribution < -0.4 is 5.32 Å². The number of hydrogen-bond acceptors (Lipinski definition) is 4. The summed E-state index contributed by atoms with van der Waals surface area (Å²) in [6.45, 7) is 7.71. The van der Waals surface area contributed by atoms with Gasteiger partial charge in [0.05, 0.1) is 11.3 Å². The molecule has 0 aromatic carbocycles. The smallest absolute Gasteiger partial charge is 0.256 e. The minimum atomic E-state index is -0.0822. The molecule has 1 aromatic heterocycles. The van der Waals surface area contributed by atoms with Crippen molar-refractivity contribution < 1.29 is 4.79 Å². The second-order valence-corrected chi connectivity index (χ2v) is 4.82. The van der Waals surface area contributed by atoms with Gasteiger partial charge in [-0.1, -0.05) is 6.92 Å². The fourth-order valence-electron chi connectivity index (χ4n) is 1.49. The van der Waals surface area contributed by atoms with Gasteiger partial charge in [-0.25, -0.2) is 9.97 Å². The molecule has 0 radical (unpaired) electrons. The summed E-state index contributed by atoms with van der Waals surface area (Å²) in [7, 11) is 0. The maximum absolute atomic E-state index is 12.1. The molecule has 17 heavy (non-hydrogen) atoms. The molecule has 1 rings (SSSR count). The highest BCUT2D eigenvalue weighted by Gasteiger charge is 2.18. The molecule has 0 bridgehead atoms. The topological polar surface area (TPSA) is 54.9 Å². The quantitative estimate of drug-likeness (QED) is 0.661. The van der Waals surface area contributed by atoms with Gasteiger partial charge in [0.25, 0.3) is 5.91 Å². The zero-order valence-corrected chi connectivity index (χ0v) is 11.8. The minimum Gasteiger partial charge on any atom is -0.349 e. The Morgan fingerprint density at radius 1 is 1.41 bits per heavy atom. The van der Waals surface area contributed by atoms with Crippen molar-refractivity contribution in [2.45, 2.75) is 45.2 Å². The molecule has 1 aromatic rings. The Kier molecular flexibility index (Phi) is 4.93. The monoisotopic (exact) mass is 253 g/mol. The average molecular weight is 253 g/mol. The lowest BCUT2D eigenvalue weighted by atomic mass is 10.2. The van der Waals surface area contributed by atoms with E-state index in [0.29, 0.717) is 11.4 Å². The van der Waals surface area contributed by atoms with Gasteiger partial charge in [-0.2, -0.15) is 0 Å². The van der Waals surface area contributed by atoms with Gasteiger partial charge in [0.2, 0.25) is 0 Å². The lowest BCUT2D eigenvalue weighted by Crippen LogP contribution is -2.33. The van der Waals surface area contributed by atoms with E-state index in [0.717, 1.165) is 17.1 Å². The molecule has 1 unspecified atom stereocenters. The zero-order valence-electron chi connectivity index (χ0n) is 11.0. The molecule has 1 atom stereocenters. The largest absolute Gasteiger partial charge is 0.349 e. The molecule has 94 valence electrons. The number of thioether (sulfide) groups is 1. The molecule has 0 fully saturated rings. The third-order valence-corrected chi connectivity index (χ3v) is 3.26. The summed E-state index contributed by atoms with van der Waals surface area (Å²) >= 11 is 1.47. The normalized spacial score (nSPS) is 12.3. The Morgan fingerprint density at radius 2 is 2.06 bits per heavy atom. The van der Waals surface area contributed by atoms with E-state index in [1.54, 1.807) is 0 Å². The summed E-state index contributed by atoms with van der Waals surface area (Å²) in [4.78, 5) is 20.7. The van der Waals surface area contributed by atoms with Crippen LogP contribution in [0.2, 0.25) is 0 Å². The van der Waals surface area contributed by atoms with Crippen LogP contribution >= 0.6 is 11.8 Å². The van der Waals surface area contributed by atoms with Gasteiger partial charge in [0.1, 0.15) is 10.9 Å². The first-order chi connectivity index (χ1) is 7.99. The van der Waals surface area contributed by atoms with Crippen molar-refractivity contribution in [1.82, 2.24) is 15.3 Å². The molecule has 0 aliphatic heterocycles. The molecule has 1 amide bonds. The van der Waals surface area contributed by atoms with Crippen molar-refractivity contribution in [2.24, 2.45) is 0 Å². The number of nitrogens with zero attached hydrogens (tertiary/aromatic N) is 2. The number of hydrogen-bond donors (Lipinski definition) is 1. The number of aryl methyl sites for hydroxylation is 2. The first kappa shape index (κ1) is 14.0. The molecule has 0 aliphatic carbocycles. The second-order valence-electron chi connectivity index (χ2n) is 4.02. The summed E-state index contributed by atoms with van der Waals surface area (Å²) in [6.07, 6.45) is 2.83. The van der Waals surface area contributed by atoms with Gasteiger partial charge in [0, 0.05) is 6.04 Å². The molecule has 0 saturated heterocycles. The van der Waals surface area contributed by atoms with E-state index in [2.05, 4.69) is 15.3 Å². The summed E-state index contributed by atoms with van der Waals surface area (Å²) in [6, 6.07) is 0.165. The highest BCUT2D eigenvalue weighted by molar-refractivity contribution is 7.98. The minimum absolute atomic E-state index is 0.0822. The van der Waals surface area contributed by atoms with Crippen LogP contribution in [-0.2, 0) is 0 Å². The van der Waals surface area contributed by atoms with E-state index in [1.807, 2.05) is 34.0 Å². The lowest BCUT2D eigenvalue weighted by Gasteiger charge is -2.14. The molecule has 1 heterocycles. The van der Waals surface area contributed by atoms with Gasteiger partial charge < -0.3 is 5.32 Å². The van der Waals surface area contributed by atoms with Crippen molar-refractivity contribution in [1.29, 1.82) is 0 Å². The van der Waals surface area contributed by atoms with E-state index in [9.17, 15) is 4.79 Å². The van der Waals surface area contributed by atoms with Crippen LogP contribution in [0.1, 0.15) is 42.1 Å². The molecule has 0 aliphatic rings. The highest BCUT2D eigenvalue weighted by atomic mass is 32.2. The van der Waals surface area contributed by atoms with Gasteiger partial charge in [-0.15, -0.1) is 11.8 Å². The summed E-state index contributed by atoms with van der Waals surface area (Å²) in [5.74, 6) is 0.619. The number of rotatable bonds is 4. The van der Waals surface area contributed by atoms with Crippen LogP contribution in [-0.4, -0.2) is 28.2 Å². The summed E-state index contributed by atoms with van der Waals surface area (Å²) in [5, 5.41) is 3.69. The number of amides is 1. The van der Waals surface area contributed by atoms with Crippen molar-refractivity contribution >= 4 is 17.7 Å². The van der Waals surface area contributed by atoms with E-state index in [4.69, 9.17) is 0 Å². The van der Waals surface area contributed by atoms with Gasteiger partial charge >= 0.3 is 0 Å². The number of carbonyl (C=O) groups is 1. The maximum atomic E-state index is 12.1. The van der Waals surface area contributed by atoms with E-state index in [1.165, 1.54) is 11.8 Å². The number of carbonyl (C=O) groups excluding carboxylic acids is 1. The second kappa shape index (κ2) is 6.00. The van der Waals surface area contributed by atoms with Crippen molar-refractivity contribution in [3.05, 3.63) is 17.1 Å². The van der Waals surface area contributed by atoms with Crippen LogP contribution in [0.5, 0.6) is 0 Å². The number of aromatic nitrogens is 2. The summed E-state index contributed by atoms with van der Waals surface area (Å²) < 4.78 is 0. The molecule has 0 spiro atoms. The Bertz CT molecular complexity index is 420. The Balaban J connectivity index is 3.08. The standard InChI is InChI=1S/C12H19N3OS/c1-6-7(2)13-11(16)10-8(3)14-9(4)15-12(10)17-5/h7H,6H2,1-5H3,(H,13,16). The predicted molar refractivity (Wildman–Crippen MR) is 70.5 cm³/mol. The molecular weight excluding hydrogens is 234 g/mol. The fraction of sp³-hybridized carbons (Fsp3) is 0.583. The van der Waals surface area contributed by atoms with Crippen molar-refractivity contribution in [2.75, 3.05) is 6.26 Å². The van der Waals surface area contributed by atoms with Crippen LogP contribution in [0.25, 0.3) is 0 Å². The van der Waals surface area contributed by atoms with Crippen LogP contribution in [0.3, 0.4) is 0 Å². The van der Waals surface area contributed by atoms with E-state index >= 15 is 0 Å². The first-order valence-electron chi connectivity index (χ1n) is 5.69. The Morgan fingerprint density at radius 3 is 2.59 bits per heavy atom. The molecule has 1 N–H and O–H groups in total. The van der Waals surface area contributed by atoms with Crippen molar-refractivity contribution in [3.8, 4) is 0 Å². The number of nitrogens with one attached hydrogen (secondary N) is 1. The van der Waals surface area contributed by atoms with Crippen LogP contribution in [0, 0.1) is 13.8 Å². The van der Waals surface area contributed by atoms with Gasteiger partial charge in [0.15, 0.2) is 0 Å². The molecule has 5 heteroatoms. The van der Waals surface area contributed by atoms with Crippen LogP contribution in [0.15, 0.2) is 5.03 Å². The molecule has 4 nitrogen and oxygen atoms in total. The average Bonchev–Trinajstić information content (AvgIpc) is 2.27. The highest BCUT2D eigenvalue weighted by Crippen LogP contribution is 2.20. The Hall–Kier alpha value is -1.10. The van der Waals surface area contributed by atoms with E-state index in [-0.39, 0.29) is 11.9 Å². The van der Waals surface area contributed by atoms with Crippen LogP contribution in [0.4, 0.5) is 0 Å². The summed E-state index contributed by atoms with van der Waals surface area (Å²) in [5.41, 5.74) is 1.34. The zero-order chi connectivity index (χ0) is 13.0. The first-order valence-corrected chi connectivity index (χ1v) is 6.92. The Labute approximate surface area is 107 Å². The molecular formula is C12H19N3OS. The predicted octanol–water partition coefficient (Wildman–Crippen LogP) is 2.34. The van der Waals surface area contributed by atoms with E-state index < -0.39 is 0 Å². The third kappa shape index (κ3) is 3.43.